The Bertz CT molecular complexity index is 3800. The third kappa shape index (κ3) is 9.75. The van der Waals surface area contributed by atoms with Gasteiger partial charge in [-0.15, -0.1) is 29.3 Å². The van der Waals surface area contributed by atoms with Gasteiger partial charge in [0.15, 0.2) is 0 Å². The van der Waals surface area contributed by atoms with Gasteiger partial charge in [0.25, 0.3) is 0 Å². The quantitative estimate of drug-likeness (QED) is 0.154. The molecule has 0 spiro atoms. The van der Waals surface area contributed by atoms with Gasteiger partial charge in [-0.25, -0.2) is 4.98 Å². The minimum Gasteiger partial charge on any atom is -0.507 e. The zero-order valence-corrected chi connectivity index (χ0v) is 42.9. The van der Waals surface area contributed by atoms with Crippen LogP contribution in [0.25, 0.3) is 72.7 Å². The number of phenols is 1. The molecule has 1 N–H and O–H groups in total. The second-order valence-electron chi connectivity index (χ2n) is 20.7. The number of pyridine rings is 1. The molecule has 0 radical (unpaired) electrons. The van der Waals surface area contributed by atoms with E-state index < -0.39 is 101 Å². The summed E-state index contributed by atoms with van der Waals surface area (Å²) >= 11 is 0. The van der Waals surface area contributed by atoms with Gasteiger partial charge >= 0.3 is 0 Å². The molecule has 5 heteroatoms. The van der Waals surface area contributed by atoms with Crippen molar-refractivity contribution in [3.8, 4) is 67.5 Å². The summed E-state index contributed by atoms with van der Waals surface area (Å²) in [5, 5.41) is 12.6. The van der Waals surface area contributed by atoms with E-state index in [1.54, 1.807) is 68.7 Å². The predicted octanol–water partition coefficient (Wildman–Crippen LogP) is 17.0. The summed E-state index contributed by atoms with van der Waals surface area (Å²) < 4.78 is 134. The summed E-state index contributed by atoms with van der Waals surface area (Å²) in [6.07, 6.45) is -0.649. The summed E-state index contributed by atoms with van der Waals surface area (Å²) in [7, 11) is 0. The van der Waals surface area contributed by atoms with Gasteiger partial charge in [-0.05, 0) is 117 Å². The van der Waals surface area contributed by atoms with Crippen LogP contribution in [0.15, 0.2) is 121 Å². The molecule has 2 heterocycles. The zero-order chi connectivity index (χ0) is 60.6. The Kier molecular flexibility index (Phi) is 9.11. The third-order valence-corrected chi connectivity index (χ3v) is 12.1. The number of aromatic nitrogens is 3. The molecule has 0 amide bonds. The Morgan fingerprint density at radius 2 is 1.31 bits per heavy atom. The molecule has 0 aliphatic carbocycles. The maximum Gasteiger partial charge on any atom is 0.148 e. The molecule has 0 saturated carbocycles. The first-order valence-electron chi connectivity index (χ1n) is 29.8. The summed E-state index contributed by atoms with van der Waals surface area (Å²) in [6.45, 7) is 19.3. The number of benzene rings is 6. The fourth-order valence-electron chi connectivity index (χ4n) is 8.42. The van der Waals surface area contributed by atoms with E-state index in [1.165, 1.54) is 0 Å². The average Bonchev–Trinajstić information content (AvgIpc) is 3.94. The second-order valence-corrected chi connectivity index (χ2v) is 20.7. The predicted molar refractivity (Wildman–Crippen MR) is 280 cm³/mol. The summed E-state index contributed by atoms with van der Waals surface area (Å²) in [5.74, 6) is -2.12. The maximum atomic E-state index is 12.6. The van der Waals surface area contributed by atoms with Crippen molar-refractivity contribution in [3.05, 3.63) is 166 Å². The van der Waals surface area contributed by atoms with Crippen LogP contribution in [0.5, 0.6) is 5.75 Å². The molecule has 4 nitrogen and oxygen atoms in total. The normalized spacial score (nSPS) is 16.2. The molecule has 2 aromatic heterocycles. The van der Waals surface area contributed by atoms with Gasteiger partial charge in [-0.2, -0.15) is 0 Å². The van der Waals surface area contributed by atoms with Crippen LogP contribution in [0.4, 0.5) is 0 Å². The van der Waals surface area contributed by atoms with Crippen molar-refractivity contribution in [2.24, 2.45) is 0 Å². The van der Waals surface area contributed by atoms with Crippen LogP contribution < -0.4 is 0 Å². The Balaban J connectivity index is 0.00000968. The molecular formula is C62H68N3OPt-. The van der Waals surface area contributed by atoms with Gasteiger partial charge in [-0.3, -0.25) is 9.55 Å². The zero-order valence-electron chi connectivity index (χ0n) is 55.6. The molecule has 8 aromatic rings. The van der Waals surface area contributed by atoms with Crippen LogP contribution in [-0.2, 0) is 37.3 Å². The number of imidazole rings is 1. The van der Waals surface area contributed by atoms with E-state index in [4.69, 9.17) is 17.3 Å². The van der Waals surface area contributed by atoms with Crippen molar-refractivity contribution in [2.45, 2.75) is 132 Å². The number of fused-ring (bicyclic) bond motifs is 1. The van der Waals surface area contributed by atoms with Crippen LogP contribution in [0, 0.1) is 19.8 Å². The fourth-order valence-corrected chi connectivity index (χ4v) is 8.42. The number of hydrogen-bond donors (Lipinski definition) is 1. The van der Waals surface area contributed by atoms with E-state index in [2.05, 4.69) is 31.8 Å². The van der Waals surface area contributed by atoms with Crippen molar-refractivity contribution in [1.29, 1.82) is 0 Å². The molecule has 6 aromatic carbocycles. The number of aromatic hydroxyl groups is 1. The summed E-state index contributed by atoms with van der Waals surface area (Å²) in [6, 6.07) is 22.4. The Hall–Kier alpha value is -5.57. The molecular weight excluding hydrogens is 998 g/mol. The van der Waals surface area contributed by atoms with Crippen LogP contribution in [0.3, 0.4) is 0 Å². The van der Waals surface area contributed by atoms with Gasteiger partial charge in [0.05, 0.1) is 31.9 Å². The fraction of sp³-hybridized carbons (Fsp3) is 0.323. The van der Waals surface area contributed by atoms with Crippen molar-refractivity contribution < 1.29 is 46.7 Å². The largest absolute Gasteiger partial charge is 0.507 e. The van der Waals surface area contributed by atoms with Gasteiger partial charge < -0.3 is 5.11 Å². The first kappa shape index (κ1) is 33.0. The number of hydrogen-bond acceptors (Lipinski definition) is 3. The topological polar surface area (TPSA) is 50.9 Å². The minimum absolute atomic E-state index is 0. The minimum atomic E-state index is -3.01. The van der Waals surface area contributed by atoms with Crippen molar-refractivity contribution in [2.75, 3.05) is 0 Å². The monoisotopic (exact) mass is 1080 g/mol. The van der Waals surface area contributed by atoms with Crippen LogP contribution in [0.2, 0.25) is 0 Å². The maximum absolute atomic E-state index is 12.6. The summed E-state index contributed by atoms with van der Waals surface area (Å²) in [4.78, 5) is 9.82. The van der Waals surface area contributed by atoms with Crippen molar-refractivity contribution >= 4 is 11.0 Å². The third-order valence-electron chi connectivity index (χ3n) is 12.1. The molecule has 67 heavy (non-hydrogen) atoms. The average molecular weight is 1080 g/mol. The van der Waals surface area contributed by atoms with E-state index in [9.17, 15) is 13.3 Å². The standard InChI is InChI=1S/C62H68N3O.Pt/c1-37(2)48-18-16-19-49(38(3)4)56(48)43-26-27-54(40(6)30-43)65-55-21-17-20-50(57(55)64-59(65)51-35-47(61(10,11)12)36-52(58(51)66)62(13,14)15)44-31-45(33-46(32-44)60(7,8)9)53-34-42(28-29-63-53)41-24-22-39(5)23-25-41;/h16-30,32-38,66H,1-15H3;/q-1;/i5D3,6D3,22D,23D,24D,25D,28D,29D,34D,37D,38D;. The number of phenolic OH excluding ortho intramolecular Hbond substituents is 1. The van der Waals surface area contributed by atoms with Crippen LogP contribution in [-0.4, -0.2) is 19.6 Å². The molecule has 8 rings (SSSR count). The molecule has 0 atom stereocenters. The molecule has 0 fully saturated rings. The summed E-state index contributed by atoms with van der Waals surface area (Å²) in [5.41, 5.74) is 3.33. The van der Waals surface area contributed by atoms with E-state index in [0.717, 1.165) is 5.56 Å². The van der Waals surface area contributed by atoms with E-state index in [0.29, 0.717) is 61.1 Å². The molecule has 0 bridgehead atoms. The molecule has 0 aliphatic rings. The number of aryl methyl sites for hydroxylation is 1. The number of para-hydroxylation sites is 1. The molecule has 348 valence electrons. The SMILES string of the molecule is [2H]c1nc(-c2[c-]c(-c3cccc4c3nc(-c3cc(C(C)(C)C)cc(C(C)(C)C)c3O)n4-c3ccc(-c4c(C([2H])(C)C)cccc4C([2H])(C)C)cc3C([2H])([2H])[2H])cc(C(C)(C)C)c2)c([2H])c(-c2c([2H])c([2H])c(C([2H])([2H])[2H])c([2H])c2[2H])c1[2H].[Pt]. The van der Waals surface area contributed by atoms with Gasteiger partial charge in [0.2, 0.25) is 0 Å². The van der Waals surface area contributed by atoms with Gasteiger partial charge in [0, 0.05) is 49.5 Å². The van der Waals surface area contributed by atoms with Gasteiger partial charge in [-0.1, -0.05) is 179 Å². The Morgan fingerprint density at radius 1 is 0.672 bits per heavy atom. The second kappa shape index (κ2) is 18.5. The molecule has 0 unspecified atom stereocenters. The van der Waals surface area contributed by atoms with Crippen molar-refractivity contribution in [3.63, 3.8) is 0 Å². The smallest absolute Gasteiger partial charge is 0.148 e. The van der Waals surface area contributed by atoms with E-state index in [-0.39, 0.29) is 55.1 Å². The molecule has 0 saturated heterocycles. The number of rotatable bonds is 8. The Labute approximate surface area is 436 Å². The van der Waals surface area contributed by atoms with E-state index in [1.807, 2.05) is 84.0 Å². The first-order chi connectivity index (χ1) is 37.0. The Morgan fingerprint density at radius 3 is 1.93 bits per heavy atom. The molecule has 0 aliphatic heterocycles. The van der Waals surface area contributed by atoms with E-state index >= 15 is 0 Å². The number of nitrogens with zero attached hydrogens (tertiary/aromatic N) is 3. The van der Waals surface area contributed by atoms with Crippen LogP contribution >= 0.6 is 0 Å². The van der Waals surface area contributed by atoms with Crippen molar-refractivity contribution in [1.82, 2.24) is 14.5 Å². The van der Waals surface area contributed by atoms with Crippen LogP contribution in [0.1, 0.15) is 161 Å². The van der Waals surface area contributed by atoms with Gasteiger partial charge in [0.1, 0.15) is 11.6 Å². The first-order valence-corrected chi connectivity index (χ1v) is 22.3.